The molecule has 1 aromatic heterocycles. The second-order valence-electron chi connectivity index (χ2n) is 21.8. The molecule has 2 heterocycles. The Labute approximate surface area is 399 Å². The SMILES string of the molecule is CC1(C)CCC(C)(C)c2c([Si](c3ccccc3)(c3ccccc3)c3ccc(-n4c5ccccc5c5cc(N6c7ccccc7C7(C)CCCCC67C)ccc54)cc3)ccc(-c3ccccc3)c21. The summed E-state index contributed by atoms with van der Waals surface area (Å²) in [5.74, 6) is 0. The third-order valence-electron chi connectivity index (χ3n) is 17.3. The van der Waals surface area contributed by atoms with Crippen LogP contribution in [-0.4, -0.2) is 18.2 Å². The van der Waals surface area contributed by atoms with E-state index in [1.54, 1.807) is 5.56 Å². The Bertz CT molecular complexity index is 3290. The lowest BCUT2D eigenvalue weighted by Crippen LogP contribution is -2.76. The van der Waals surface area contributed by atoms with Crippen molar-refractivity contribution in [1.82, 2.24) is 4.57 Å². The fourth-order valence-electron chi connectivity index (χ4n) is 13.7. The van der Waals surface area contributed by atoms with Crippen molar-refractivity contribution in [2.45, 2.75) is 102 Å². The third-order valence-corrected chi connectivity index (χ3v) is 22.1. The van der Waals surface area contributed by atoms with Crippen LogP contribution < -0.4 is 25.6 Å². The van der Waals surface area contributed by atoms with Crippen LogP contribution in [0.5, 0.6) is 0 Å². The molecule has 0 saturated heterocycles. The lowest BCUT2D eigenvalue weighted by molar-refractivity contribution is 0.195. The second kappa shape index (κ2) is 15.3. The molecule has 67 heavy (non-hydrogen) atoms. The summed E-state index contributed by atoms with van der Waals surface area (Å²) in [5, 5.41) is 8.34. The molecule has 2 aliphatic carbocycles. The van der Waals surface area contributed by atoms with Gasteiger partial charge < -0.3 is 9.47 Å². The molecule has 0 amide bonds. The molecule has 1 saturated carbocycles. The Balaban J connectivity index is 1.07. The van der Waals surface area contributed by atoms with Gasteiger partial charge >= 0.3 is 0 Å². The van der Waals surface area contributed by atoms with Crippen LogP contribution >= 0.6 is 0 Å². The van der Waals surface area contributed by atoms with Gasteiger partial charge in [0, 0.05) is 33.2 Å². The van der Waals surface area contributed by atoms with Crippen molar-refractivity contribution in [1.29, 1.82) is 0 Å². The molecule has 12 rings (SSSR count). The van der Waals surface area contributed by atoms with Gasteiger partial charge in [-0.3, -0.25) is 0 Å². The van der Waals surface area contributed by atoms with Crippen LogP contribution in [0.1, 0.15) is 96.8 Å². The molecule has 332 valence electrons. The molecule has 3 aliphatic rings. The summed E-state index contributed by atoms with van der Waals surface area (Å²) in [6.45, 7) is 15.1. The van der Waals surface area contributed by atoms with Gasteiger partial charge in [0.2, 0.25) is 0 Å². The van der Waals surface area contributed by atoms with Gasteiger partial charge in [0.25, 0.3) is 0 Å². The number of hydrogen-bond donors (Lipinski definition) is 0. The van der Waals surface area contributed by atoms with Crippen molar-refractivity contribution in [3.8, 4) is 16.8 Å². The maximum atomic E-state index is 2.72. The highest BCUT2D eigenvalue weighted by Gasteiger charge is 2.57. The van der Waals surface area contributed by atoms with Gasteiger partial charge in [-0.2, -0.15) is 0 Å². The Morgan fingerprint density at radius 3 is 1.69 bits per heavy atom. The molecule has 9 aromatic rings. The molecule has 0 radical (unpaired) electrons. The van der Waals surface area contributed by atoms with Gasteiger partial charge in [-0.05, 0) is 134 Å². The molecule has 0 spiro atoms. The van der Waals surface area contributed by atoms with Crippen LogP contribution in [0.3, 0.4) is 0 Å². The van der Waals surface area contributed by atoms with Gasteiger partial charge in [-0.15, -0.1) is 0 Å². The maximum Gasteiger partial charge on any atom is 0.179 e. The first-order valence-corrected chi connectivity index (χ1v) is 26.9. The van der Waals surface area contributed by atoms with Crippen LogP contribution in [0.4, 0.5) is 11.4 Å². The molecule has 0 N–H and O–H groups in total. The van der Waals surface area contributed by atoms with E-state index in [9.17, 15) is 0 Å². The maximum absolute atomic E-state index is 2.96. The predicted molar refractivity (Wildman–Crippen MR) is 288 cm³/mol. The average molecular weight is 887 g/mol. The highest BCUT2D eigenvalue weighted by Crippen LogP contribution is 2.61. The first-order valence-electron chi connectivity index (χ1n) is 24.9. The summed E-state index contributed by atoms with van der Waals surface area (Å²) >= 11 is 0. The number of fused-ring (bicyclic) bond motifs is 7. The van der Waals surface area contributed by atoms with Crippen LogP contribution in [0.15, 0.2) is 194 Å². The zero-order valence-electron chi connectivity index (χ0n) is 40.1. The third kappa shape index (κ3) is 6.06. The van der Waals surface area contributed by atoms with E-state index in [-0.39, 0.29) is 21.8 Å². The number of rotatable bonds is 7. The van der Waals surface area contributed by atoms with Crippen LogP contribution in [-0.2, 0) is 16.2 Å². The molecular weight excluding hydrogens is 825 g/mol. The zero-order chi connectivity index (χ0) is 45.8. The minimum Gasteiger partial charge on any atom is -0.334 e. The van der Waals surface area contributed by atoms with E-state index in [1.807, 2.05) is 0 Å². The van der Waals surface area contributed by atoms with E-state index in [1.165, 1.54) is 108 Å². The van der Waals surface area contributed by atoms with Gasteiger partial charge in [-0.1, -0.05) is 199 Å². The van der Waals surface area contributed by atoms with Crippen molar-refractivity contribution in [2.75, 3.05) is 4.90 Å². The minimum atomic E-state index is -2.96. The fraction of sp³-hybridized carbons (Fsp3) is 0.250. The molecule has 1 aliphatic heterocycles. The van der Waals surface area contributed by atoms with Crippen LogP contribution in [0, 0.1) is 0 Å². The average Bonchev–Trinajstić information content (AvgIpc) is 3.80. The number of nitrogens with zero attached hydrogens (tertiary/aromatic N) is 2. The number of anilines is 2. The summed E-state index contributed by atoms with van der Waals surface area (Å²) in [7, 11) is -2.96. The zero-order valence-corrected chi connectivity index (χ0v) is 41.1. The van der Waals surface area contributed by atoms with E-state index in [0.717, 1.165) is 12.8 Å². The van der Waals surface area contributed by atoms with E-state index in [2.05, 4.69) is 245 Å². The molecule has 8 aromatic carbocycles. The summed E-state index contributed by atoms with van der Waals surface area (Å²) < 4.78 is 2.51. The van der Waals surface area contributed by atoms with Gasteiger partial charge in [0.05, 0.1) is 16.6 Å². The number of benzene rings is 8. The van der Waals surface area contributed by atoms with E-state index in [0.29, 0.717) is 0 Å². The molecule has 2 atom stereocenters. The summed E-state index contributed by atoms with van der Waals surface area (Å²) in [6.07, 6.45) is 7.27. The second-order valence-corrected chi connectivity index (χ2v) is 25.6. The van der Waals surface area contributed by atoms with E-state index in [4.69, 9.17) is 0 Å². The summed E-state index contributed by atoms with van der Waals surface area (Å²) in [5.41, 5.74) is 13.7. The Morgan fingerprint density at radius 2 is 0.985 bits per heavy atom. The van der Waals surface area contributed by atoms with Crippen molar-refractivity contribution in [2.24, 2.45) is 0 Å². The number of para-hydroxylation sites is 2. The van der Waals surface area contributed by atoms with Crippen molar-refractivity contribution < 1.29 is 0 Å². The summed E-state index contributed by atoms with van der Waals surface area (Å²) in [4.78, 5) is 2.72. The number of hydrogen-bond acceptors (Lipinski definition) is 1. The molecule has 2 unspecified atom stereocenters. The molecule has 1 fully saturated rings. The number of aromatic nitrogens is 1. The summed E-state index contributed by atoms with van der Waals surface area (Å²) in [6, 6.07) is 74.7. The van der Waals surface area contributed by atoms with Crippen LogP contribution in [0.25, 0.3) is 38.6 Å². The lowest BCUT2D eigenvalue weighted by Gasteiger charge is -2.50. The van der Waals surface area contributed by atoms with E-state index < -0.39 is 8.07 Å². The van der Waals surface area contributed by atoms with Gasteiger partial charge in [-0.25, -0.2) is 0 Å². The molecule has 3 heteroatoms. The highest BCUT2D eigenvalue weighted by molar-refractivity contribution is 7.20. The molecule has 2 nitrogen and oxygen atoms in total. The van der Waals surface area contributed by atoms with Crippen molar-refractivity contribution >= 4 is 62.0 Å². The smallest absolute Gasteiger partial charge is 0.179 e. The van der Waals surface area contributed by atoms with Crippen molar-refractivity contribution in [3.05, 3.63) is 211 Å². The predicted octanol–water partition coefficient (Wildman–Crippen LogP) is 13.9. The Hall–Kier alpha value is -6.42. The highest BCUT2D eigenvalue weighted by atomic mass is 28.3. The standard InChI is InChI=1S/C64H62N2Si/c1-61(2)42-43-62(3,4)60-58(39-37-51(59(60)61)45-22-10-7-11-23-45)67(48-24-12-8-13-25-48,49-26-14-9-15-27-49)50-35-32-46(33-36-50)65-55-30-18-16-28-52(55)53-44-47(34-38-56(53)65)66-57-31-19-17-29-54(57)63(5)40-20-21-41-64(63,66)6/h7-19,22-39,44H,20-21,40-43H2,1-6H3. The lowest BCUT2D eigenvalue weighted by atomic mass is 9.61. The Morgan fingerprint density at radius 1 is 0.433 bits per heavy atom. The topological polar surface area (TPSA) is 8.17 Å². The molecule has 0 bridgehead atoms. The first-order chi connectivity index (χ1) is 32.5. The monoisotopic (exact) mass is 886 g/mol. The minimum absolute atomic E-state index is 0.00571. The van der Waals surface area contributed by atoms with Gasteiger partial charge in [0.1, 0.15) is 0 Å². The largest absolute Gasteiger partial charge is 0.334 e. The Kier molecular flexibility index (Phi) is 9.59. The quantitative estimate of drug-likeness (QED) is 0.114. The van der Waals surface area contributed by atoms with Crippen molar-refractivity contribution in [3.63, 3.8) is 0 Å². The normalized spacial score (nSPS) is 20.7. The van der Waals surface area contributed by atoms with Gasteiger partial charge in [0.15, 0.2) is 8.07 Å². The first kappa shape index (κ1) is 42.0. The molecular formula is C64H62N2Si. The van der Waals surface area contributed by atoms with Crippen LogP contribution in [0.2, 0.25) is 0 Å². The van der Waals surface area contributed by atoms with E-state index >= 15 is 0 Å². The fourth-order valence-corrected chi connectivity index (χ4v) is 18.9.